The number of pyridine rings is 1. The van der Waals surface area contributed by atoms with Crippen LogP contribution in [0.2, 0.25) is 10.0 Å². The van der Waals surface area contributed by atoms with E-state index in [1.807, 2.05) is 6.07 Å². The zero-order valence-corrected chi connectivity index (χ0v) is 22.3. The minimum absolute atomic E-state index is 0.0486. The number of carbonyl (C=O) groups excluding carboxylic acids is 2. The SMILES string of the molecule is CN(C(=O)c1c(F)cccc1Cl)c1ncc(-c2cc(C(N)=O)ccc2Cl)cc1C1CCCCCCCC1. The largest absolute Gasteiger partial charge is 0.366 e. The highest BCUT2D eigenvalue weighted by molar-refractivity contribution is 6.34. The average Bonchev–Trinajstić information content (AvgIpc) is 3.02. The van der Waals surface area contributed by atoms with Gasteiger partial charge in [-0.1, -0.05) is 67.8 Å². The van der Waals surface area contributed by atoms with Gasteiger partial charge in [0.2, 0.25) is 5.91 Å². The first-order valence-electron chi connectivity index (χ1n) is 12.6. The third-order valence-corrected chi connectivity index (χ3v) is 7.70. The van der Waals surface area contributed by atoms with Crippen LogP contribution in [0.25, 0.3) is 11.1 Å². The van der Waals surface area contributed by atoms with Crippen molar-refractivity contribution in [3.63, 3.8) is 0 Å². The molecule has 0 bridgehead atoms. The van der Waals surface area contributed by atoms with E-state index in [1.165, 1.54) is 35.9 Å². The highest BCUT2D eigenvalue weighted by Crippen LogP contribution is 2.39. The maximum Gasteiger partial charge on any atom is 0.263 e. The van der Waals surface area contributed by atoms with E-state index in [0.29, 0.717) is 22.0 Å². The Hall–Kier alpha value is -2.96. The summed E-state index contributed by atoms with van der Waals surface area (Å²) in [5.74, 6) is -1.18. The number of nitrogens with two attached hydrogens (primary N) is 1. The van der Waals surface area contributed by atoms with Gasteiger partial charge < -0.3 is 5.73 Å². The van der Waals surface area contributed by atoms with Crippen molar-refractivity contribution in [1.29, 1.82) is 0 Å². The van der Waals surface area contributed by atoms with Crippen molar-refractivity contribution in [3.05, 3.63) is 81.2 Å². The number of hydrogen-bond acceptors (Lipinski definition) is 3. The Morgan fingerprint density at radius 3 is 2.30 bits per heavy atom. The van der Waals surface area contributed by atoms with E-state index in [2.05, 4.69) is 0 Å². The van der Waals surface area contributed by atoms with E-state index in [4.69, 9.17) is 33.9 Å². The van der Waals surface area contributed by atoms with Crippen molar-refractivity contribution in [3.8, 4) is 11.1 Å². The summed E-state index contributed by atoms with van der Waals surface area (Å²) in [6.07, 6.45) is 10.4. The number of benzene rings is 2. The third kappa shape index (κ3) is 6.13. The van der Waals surface area contributed by atoms with Crippen LogP contribution in [0.15, 0.2) is 48.7 Å². The summed E-state index contributed by atoms with van der Waals surface area (Å²) in [7, 11) is 1.59. The van der Waals surface area contributed by atoms with Crippen molar-refractivity contribution in [2.45, 2.75) is 57.3 Å². The molecule has 0 aliphatic heterocycles. The summed E-state index contributed by atoms with van der Waals surface area (Å²) in [5.41, 5.74) is 7.90. The Kier molecular flexibility index (Phi) is 8.83. The lowest BCUT2D eigenvalue weighted by atomic mass is 9.88. The molecule has 4 rings (SSSR count). The smallest absolute Gasteiger partial charge is 0.263 e. The highest BCUT2D eigenvalue weighted by Gasteiger charge is 2.27. The zero-order valence-electron chi connectivity index (χ0n) is 20.8. The summed E-state index contributed by atoms with van der Waals surface area (Å²) in [4.78, 5) is 31.3. The van der Waals surface area contributed by atoms with Crippen LogP contribution in [0, 0.1) is 5.82 Å². The first-order valence-corrected chi connectivity index (χ1v) is 13.3. The lowest BCUT2D eigenvalue weighted by Crippen LogP contribution is -2.29. The van der Waals surface area contributed by atoms with Crippen LogP contribution < -0.4 is 10.6 Å². The quantitative estimate of drug-likeness (QED) is 0.358. The van der Waals surface area contributed by atoms with Crippen molar-refractivity contribution in [1.82, 2.24) is 4.98 Å². The standard InChI is InChI=1S/C29H30Cl2FN3O2/c1-35(29(37)26-24(31)11-8-12-25(26)32)28-22(18-9-6-4-2-3-5-7-10-18)16-20(17-34-28)21-15-19(27(33)36)13-14-23(21)30/h8,11-18H,2-7,9-10H2,1H3,(H2,33,36). The van der Waals surface area contributed by atoms with Crippen LogP contribution in [0.4, 0.5) is 10.2 Å². The van der Waals surface area contributed by atoms with Crippen molar-refractivity contribution >= 4 is 40.8 Å². The molecule has 1 heterocycles. The van der Waals surface area contributed by atoms with Crippen molar-refractivity contribution in [2.75, 3.05) is 11.9 Å². The van der Waals surface area contributed by atoms with Crippen LogP contribution in [-0.4, -0.2) is 23.8 Å². The van der Waals surface area contributed by atoms with E-state index in [0.717, 1.165) is 49.7 Å². The maximum atomic E-state index is 14.6. The molecule has 0 spiro atoms. The Labute approximate surface area is 226 Å². The number of carbonyl (C=O) groups is 2. The van der Waals surface area contributed by atoms with Gasteiger partial charge in [0.15, 0.2) is 0 Å². The topological polar surface area (TPSA) is 76.3 Å². The summed E-state index contributed by atoms with van der Waals surface area (Å²) in [5, 5.41) is 0.509. The van der Waals surface area contributed by atoms with Gasteiger partial charge in [-0.15, -0.1) is 0 Å². The monoisotopic (exact) mass is 541 g/mol. The number of aromatic nitrogens is 1. The Morgan fingerprint density at radius 2 is 1.65 bits per heavy atom. The molecule has 0 radical (unpaired) electrons. The fourth-order valence-corrected chi connectivity index (χ4v) is 5.48. The minimum atomic E-state index is -0.681. The molecular weight excluding hydrogens is 512 g/mol. The van der Waals surface area contributed by atoms with Gasteiger partial charge in [-0.05, 0) is 60.7 Å². The van der Waals surface area contributed by atoms with E-state index in [-0.39, 0.29) is 16.5 Å². The van der Waals surface area contributed by atoms with Gasteiger partial charge in [-0.3, -0.25) is 14.5 Å². The number of halogens is 3. The summed E-state index contributed by atoms with van der Waals surface area (Å²) in [6, 6.07) is 11.0. The number of primary amides is 1. The lowest BCUT2D eigenvalue weighted by Gasteiger charge is -2.26. The van der Waals surface area contributed by atoms with Gasteiger partial charge in [0.1, 0.15) is 11.6 Å². The summed E-state index contributed by atoms with van der Waals surface area (Å²) < 4.78 is 14.6. The number of nitrogens with zero attached hydrogens (tertiary/aromatic N) is 2. The predicted octanol–water partition coefficient (Wildman–Crippen LogP) is 7.79. The van der Waals surface area contributed by atoms with Gasteiger partial charge in [-0.25, -0.2) is 9.37 Å². The average molecular weight is 542 g/mol. The number of amides is 2. The second kappa shape index (κ2) is 12.1. The van der Waals surface area contributed by atoms with Gasteiger partial charge in [-0.2, -0.15) is 0 Å². The molecule has 0 atom stereocenters. The first kappa shape index (κ1) is 27.1. The van der Waals surface area contributed by atoms with E-state index in [9.17, 15) is 14.0 Å². The molecule has 1 saturated carbocycles. The second-order valence-electron chi connectivity index (χ2n) is 9.55. The molecule has 2 N–H and O–H groups in total. The van der Waals surface area contributed by atoms with Crippen LogP contribution in [0.3, 0.4) is 0 Å². The molecule has 5 nitrogen and oxygen atoms in total. The van der Waals surface area contributed by atoms with E-state index in [1.54, 1.807) is 31.4 Å². The van der Waals surface area contributed by atoms with E-state index >= 15 is 0 Å². The molecule has 8 heteroatoms. The molecule has 1 aliphatic rings. The maximum absolute atomic E-state index is 14.6. The molecule has 1 fully saturated rings. The van der Waals surface area contributed by atoms with E-state index < -0.39 is 17.6 Å². The molecule has 0 unspecified atom stereocenters. The summed E-state index contributed by atoms with van der Waals surface area (Å²) in [6.45, 7) is 0. The van der Waals surface area contributed by atoms with Crippen LogP contribution >= 0.6 is 23.2 Å². The number of rotatable bonds is 5. The predicted molar refractivity (Wildman–Crippen MR) is 147 cm³/mol. The normalized spacial score (nSPS) is 14.9. The van der Waals surface area contributed by atoms with Crippen molar-refractivity contribution < 1.29 is 14.0 Å². The molecule has 1 aliphatic carbocycles. The molecule has 37 heavy (non-hydrogen) atoms. The molecular formula is C29H30Cl2FN3O2. The second-order valence-corrected chi connectivity index (χ2v) is 10.4. The Bertz CT molecular complexity index is 1280. The molecule has 194 valence electrons. The van der Waals surface area contributed by atoms with Gasteiger partial charge >= 0.3 is 0 Å². The minimum Gasteiger partial charge on any atom is -0.366 e. The number of anilines is 1. The van der Waals surface area contributed by atoms with Crippen LogP contribution in [0.1, 0.15) is 83.6 Å². The Balaban J connectivity index is 1.82. The lowest BCUT2D eigenvalue weighted by molar-refractivity contribution is 0.0984. The summed E-state index contributed by atoms with van der Waals surface area (Å²) >= 11 is 12.7. The molecule has 0 saturated heterocycles. The Morgan fingerprint density at radius 1 is 0.973 bits per heavy atom. The molecule has 2 amide bonds. The van der Waals surface area contributed by atoms with Gasteiger partial charge in [0.05, 0.1) is 10.6 Å². The molecule has 1 aromatic heterocycles. The molecule has 2 aromatic carbocycles. The number of hydrogen-bond donors (Lipinski definition) is 1. The molecule has 3 aromatic rings. The van der Waals surface area contributed by atoms with Crippen LogP contribution in [0.5, 0.6) is 0 Å². The van der Waals surface area contributed by atoms with Gasteiger partial charge in [0.25, 0.3) is 5.91 Å². The first-order chi connectivity index (χ1) is 17.8. The fraction of sp³-hybridized carbons (Fsp3) is 0.345. The fourth-order valence-electron chi connectivity index (χ4n) is 5.01. The highest BCUT2D eigenvalue weighted by atomic mass is 35.5. The van der Waals surface area contributed by atoms with Gasteiger partial charge in [0, 0.05) is 35.0 Å². The van der Waals surface area contributed by atoms with Crippen molar-refractivity contribution in [2.24, 2.45) is 5.73 Å². The van der Waals surface area contributed by atoms with Crippen LogP contribution in [-0.2, 0) is 0 Å². The third-order valence-electron chi connectivity index (χ3n) is 7.05. The zero-order chi connectivity index (χ0) is 26.5.